The van der Waals surface area contributed by atoms with Gasteiger partial charge in [-0.05, 0) is 55.8 Å². The number of benzene rings is 2. The number of carbonyl (C=O) groups is 1. The third-order valence-corrected chi connectivity index (χ3v) is 4.59. The van der Waals surface area contributed by atoms with Crippen LogP contribution in [0.15, 0.2) is 53.1 Å². The van der Waals surface area contributed by atoms with Crippen LogP contribution in [-0.4, -0.2) is 30.1 Å². The van der Waals surface area contributed by atoms with Gasteiger partial charge in [0.1, 0.15) is 23.9 Å². The van der Waals surface area contributed by atoms with Crippen molar-refractivity contribution in [3.8, 4) is 11.5 Å². The molecule has 3 aromatic rings. The maximum absolute atomic E-state index is 12.7. The van der Waals surface area contributed by atoms with Crippen LogP contribution in [-0.2, 0) is 13.2 Å². The fourth-order valence-corrected chi connectivity index (χ4v) is 2.85. The number of nitrogens with zero attached hydrogens (tertiary/aromatic N) is 2. The minimum atomic E-state index is -0.0481. The van der Waals surface area contributed by atoms with Crippen LogP contribution in [0.25, 0.3) is 0 Å². The minimum Gasteiger partial charge on any atom is -0.497 e. The van der Waals surface area contributed by atoms with Crippen molar-refractivity contribution in [3.63, 3.8) is 0 Å². The number of aromatic nitrogens is 1. The van der Waals surface area contributed by atoms with E-state index < -0.39 is 0 Å². The lowest BCUT2D eigenvalue weighted by Crippen LogP contribution is -2.26. The van der Waals surface area contributed by atoms with Crippen LogP contribution in [0.1, 0.15) is 32.9 Å². The highest BCUT2D eigenvalue weighted by molar-refractivity contribution is 5.94. The molecular formula is C22H24N2O4. The first-order valence-corrected chi connectivity index (χ1v) is 9.01. The molecule has 2 aromatic carbocycles. The van der Waals surface area contributed by atoms with Gasteiger partial charge in [0.2, 0.25) is 0 Å². The molecule has 0 aliphatic carbocycles. The average Bonchev–Trinajstić information content (AvgIpc) is 3.04. The van der Waals surface area contributed by atoms with Gasteiger partial charge in [0, 0.05) is 19.2 Å². The molecule has 1 aromatic heterocycles. The zero-order chi connectivity index (χ0) is 20.1. The smallest absolute Gasteiger partial charge is 0.253 e. The summed E-state index contributed by atoms with van der Waals surface area (Å²) < 4.78 is 16.1. The first-order chi connectivity index (χ1) is 13.5. The van der Waals surface area contributed by atoms with E-state index in [1.807, 2.05) is 38.1 Å². The Labute approximate surface area is 164 Å². The number of methoxy groups -OCH3 is 1. The molecule has 1 amide bonds. The van der Waals surface area contributed by atoms with Gasteiger partial charge >= 0.3 is 0 Å². The van der Waals surface area contributed by atoms with Crippen molar-refractivity contribution in [2.75, 3.05) is 14.2 Å². The molecule has 0 aliphatic heterocycles. The molecule has 0 unspecified atom stereocenters. The Morgan fingerprint density at radius 3 is 2.25 bits per heavy atom. The van der Waals surface area contributed by atoms with Crippen molar-refractivity contribution in [1.82, 2.24) is 10.1 Å². The Bertz CT molecular complexity index is 911. The number of carbonyl (C=O) groups excluding carboxylic acids is 1. The largest absolute Gasteiger partial charge is 0.497 e. The van der Waals surface area contributed by atoms with Crippen LogP contribution in [0.2, 0.25) is 0 Å². The van der Waals surface area contributed by atoms with E-state index in [-0.39, 0.29) is 5.91 Å². The lowest BCUT2D eigenvalue weighted by Gasteiger charge is -2.18. The predicted octanol–water partition coefficient (Wildman–Crippen LogP) is 4.15. The average molecular weight is 380 g/mol. The summed E-state index contributed by atoms with van der Waals surface area (Å²) in [4.78, 5) is 14.3. The standard InChI is InChI=1S/C22H24N2O4/c1-15-21(16(2)28-23-15)14-27-20-11-7-18(8-12-20)22(25)24(3)13-17-5-9-19(26-4)10-6-17/h5-12H,13-14H2,1-4H3. The Balaban J connectivity index is 1.59. The molecule has 0 spiro atoms. The first-order valence-electron chi connectivity index (χ1n) is 9.01. The number of ether oxygens (including phenoxy) is 2. The molecule has 0 saturated carbocycles. The molecule has 0 fully saturated rings. The molecule has 0 N–H and O–H groups in total. The van der Waals surface area contributed by atoms with Crippen molar-refractivity contribution >= 4 is 5.91 Å². The molecule has 0 saturated heterocycles. The summed E-state index contributed by atoms with van der Waals surface area (Å²) in [5, 5.41) is 3.92. The summed E-state index contributed by atoms with van der Waals surface area (Å²) >= 11 is 0. The third kappa shape index (κ3) is 4.52. The van der Waals surface area contributed by atoms with Crippen LogP contribution in [0.3, 0.4) is 0 Å². The summed E-state index contributed by atoms with van der Waals surface area (Å²) in [7, 11) is 3.42. The molecule has 0 radical (unpaired) electrons. The monoisotopic (exact) mass is 380 g/mol. The van der Waals surface area contributed by atoms with Gasteiger partial charge in [-0.15, -0.1) is 0 Å². The van der Waals surface area contributed by atoms with Crippen molar-refractivity contribution < 1.29 is 18.8 Å². The van der Waals surface area contributed by atoms with Crippen LogP contribution < -0.4 is 9.47 Å². The van der Waals surface area contributed by atoms with Gasteiger partial charge in [-0.25, -0.2) is 0 Å². The molecule has 0 bridgehead atoms. The summed E-state index contributed by atoms with van der Waals surface area (Å²) in [5.41, 5.74) is 3.42. The van der Waals surface area contributed by atoms with Gasteiger partial charge in [0.05, 0.1) is 18.4 Å². The van der Waals surface area contributed by atoms with Crippen LogP contribution in [0.5, 0.6) is 11.5 Å². The van der Waals surface area contributed by atoms with E-state index in [0.29, 0.717) is 24.5 Å². The molecule has 3 rings (SSSR count). The van der Waals surface area contributed by atoms with Crippen LogP contribution in [0, 0.1) is 13.8 Å². The first kappa shape index (κ1) is 19.5. The Kier molecular flexibility index (Phi) is 5.99. The molecule has 0 atom stereocenters. The Morgan fingerprint density at radius 2 is 1.68 bits per heavy atom. The summed E-state index contributed by atoms with van der Waals surface area (Å²) in [5.74, 6) is 2.19. The van der Waals surface area contributed by atoms with E-state index in [0.717, 1.165) is 28.3 Å². The normalized spacial score (nSPS) is 10.6. The van der Waals surface area contributed by atoms with Crippen LogP contribution in [0.4, 0.5) is 0 Å². The maximum Gasteiger partial charge on any atom is 0.253 e. The molecule has 1 heterocycles. The fraction of sp³-hybridized carbons (Fsp3) is 0.273. The topological polar surface area (TPSA) is 64.8 Å². The van der Waals surface area contributed by atoms with E-state index in [2.05, 4.69) is 5.16 Å². The zero-order valence-electron chi connectivity index (χ0n) is 16.6. The minimum absolute atomic E-state index is 0.0481. The van der Waals surface area contributed by atoms with E-state index in [1.165, 1.54) is 0 Å². The van der Waals surface area contributed by atoms with Gasteiger partial charge in [-0.1, -0.05) is 17.3 Å². The van der Waals surface area contributed by atoms with Crippen molar-refractivity contribution in [3.05, 3.63) is 76.7 Å². The van der Waals surface area contributed by atoms with E-state index in [4.69, 9.17) is 14.0 Å². The quantitative estimate of drug-likeness (QED) is 0.616. The summed E-state index contributed by atoms with van der Waals surface area (Å²) in [6.07, 6.45) is 0. The highest BCUT2D eigenvalue weighted by atomic mass is 16.5. The Morgan fingerprint density at radius 1 is 1.04 bits per heavy atom. The second kappa shape index (κ2) is 8.61. The molecule has 0 aliphatic rings. The third-order valence-electron chi connectivity index (χ3n) is 4.59. The predicted molar refractivity (Wildman–Crippen MR) is 106 cm³/mol. The van der Waals surface area contributed by atoms with Crippen molar-refractivity contribution in [1.29, 1.82) is 0 Å². The number of hydrogen-bond donors (Lipinski definition) is 0. The van der Waals surface area contributed by atoms with Gasteiger partial charge in [-0.2, -0.15) is 0 Å². The molecule has 28 heavy (non-hydrogen) atoms. The van der Waals surface area contributed by atoms with Gasteiger partial charge in [0.25, 0.3) is 5.91 Å². The van der Waals surface area contributed by atoms with Crippen LogP contribution >= 0.6 is 0 Å². The summed E-state index contributed by atoms with van der Waals surface area (Å²) in [6.45, 7) is 4.65. The van der Waals surface area contributed by atoms with Crippen molar-refractivity contribution in [2.45, 2.75) is 27.0 Å². The van der Waals surface area contributed by atoms with Gasteiger partial charge in [0.15, 0.2) is 0 Å². The number of hydrogen-bond acceptors (Lipinski definition) is 5. The SMILES string of the molecule is COc1ccc(CN(C)C(=O)c2ccc(OCc3c(C)noc3C)cc2)cc1. The zero-order valence-corrected chi connectivity index (χ0v) is 16.6. The molecular weight excluding hydrogens is 356 g/mol. The van der Waals surface area contributed by atoms with E-state index >= 15 is 0 Å². The van der Waals surface area contributed by atoms with E-state index in [1.54, 1.807) is 43.3 Å². The fourth-order valence-electron chi connectivity index (χ4n) is 2.85. The molecule has 146 valence electrons. The van der Waals surface area contributed by atoms with Gasteiger partial charge < -0.3 is 18.9 Å². The number of rotatable bonds is 7. The van der Waals surface area contributed by atoms with Gasteiger partial charge in [-0.3, -0.25) is 4.79 Å². The second-order valence-corrected chi connectivity index (χ2v) is 6.63. The second-order valence-electron chi connectivity index (χ2n) is 6.63. The van der Waals surface area contributed by atoms with Crippen molar-refractivity contribution in [2.24, 2.45) is 0 Å². The maximum atomic E-state index is 12.7. The lowest BCUT2D eigenvalue weighted by atomic mass is 10.1. The Hall–Kier alpha value is -3.28. The summed E-state index contributed by atoms with van der Waals surface area (Å²) in [6, 6.07) is 14.8. The molecule has 6 nitrogen and oxygen atoms in total. The lowest BCUT2D eigenvalue weighted by molar-refractivity contribution is 0.0785. The highest BCUT2D eigenvalue weighted by Gasteiger charge is 2.13. The number of amides is 1. The molecule has 6 heteroatoms. The number of aryl methyl sites for hydroxylation is 2. The highest BCUT2D eigenvalue weighted by Crippen LogP contribution is 2.19. The van der Waals surface area contributed by atoms with E-state index in [9.17, 15) is 4.79 Å².